The largest absolute Gasteiger partial charge is 0.395 e. The summed E-state index contributed by atoms with van der Waals surface area (Å²) in [5.41, 5.74) is 0.187. The molecule has 1 N–H and O–H groups in total. The van der Waals surface area contributed by atoms with Gasteiger partial charge in [0.15, 0.2) is 0 Å². The van der Waals surface area contributed by atoms with E-state index in [9.17, 15) is 22.7 Å². The van der Waals surface area contributed by atoms with Gasteiger partial charge in [-0.2, -0.15) is 4.31 Å². The van der Waals surface area contributed by atoms with Crippen LogP contribution >= 0.6 is 0 Å². The number of ether oxygens (including phenoxy) is 1. The average molecular weight is 469 g/mol. The maximum absolute atomic E-state index is 13.3. The molecule has 0 spiro atoms. The van der Waals surface area contributed by atoms with Crippen molar-refractivity contribution in [2.24, 2.45) is 5.92 Å². The fourth-order valence-electron chi connectivity index (χ4n) is 3.19. The monoisotopic (exact) mass is 468 g/mol. The predicted octanol–water partition coefficient (Wildman–Crippen LogP) is 1.41. The molecule has 2 rings (SSSR count). The zero-order valence-corrected chi connectivity index (χ0v) is 19.4. The Balaban J connectivity index is 2.19. The summed E-state index contributed by atoms with van der Waals surface area (Å²) in [5, 5.41) is 9.65. The number of carbonyl (C=O) groups excluding carboxylic acids is 1. The summed E-state index contributed by atoms with van der Waals surface area (Å²) in [5.74, 6) is -1.23. The van der Waals surface area contributed by atoms with Crippen LogP contribution in [0.3, 0.4) is 0 Å². The minimum Gasteiger partial charge on any atom is -0.395 e. The molecule has 0 bridgehead atoms. The Morgan fingerprint density at radius 2 is 1.84 bits per heavy atom. The molecule has 1 heterocycles. The first kappa shape index (κ1) is 25.8. The Hall–Kier alpha value is -2.47. The predicted molar refractivity (Wildman–Crippen MR) is 116 cm³/mol. The van der Waals surface area contributed by atoms with E-state index in [1.807, 2.05) is 0 Å². The molecular weight excluding hydrogens is 439 g/mol. The fraction of sp³-hybridized carbons (Fsp3) is 0.476. The van der Waals surface area contributed by atoms with E-state index in [4.69, 9.17) is 4.74 Å². The van der Waals surface area contributed by atoms with Crippen LogP contribution < -0.4 is 0 Å². The highest BCUT2D eigenvalue weighted by atomic mass is 32.2. The molecular formula is C21H29FN4O5S. The SMILES string of the molecule is CO[C@@H](CN(C)C(=O)c1cnccn1)[C@H](C)CN([C@@H](C)CO)S(=O)(=O)c1ccc(F)cc1. The molecule has 32 heavy (non-hydrogen) atoms. The van der Waals surface area contributed by atoms with Gasteiger partial charge in [-0.3, -0.25) is 9.78 Å². The molecule has 2 aromatic rings. The smallest absolute Gasteiger partial charge is 0.273 e. The zero-order valence-electron chi connectivity index (χ0n) is 18.6. The Kier molecular flexibility index (Phi) is 9.20. The van der Waals surface area contributed by atoms with Crippen molar-refractivity contribution >= 4 is 15.9 Å². The molecule has 1 aromatic heterocycles. The van der Waals surface area contributed by atoms with Gasteiger partial charge in [0.1, 0.15) is 11.5 Å². The average Bonchev–Trinajstić information content (AvgIpc) is 2.80. The van der Waals surface area contributed by atoms with Crippen molar-refractivity contribution in [1.82, 2.24) is 19.2 Å². The van der Waals surface area contributed by atoms with Gasteiger partial charge in [-0.15, -0.1) is 0 Å². The fourth-order valence-corrected chi connectivity index (χ4v) is 4.92. The van der Waals surface area contributed by atoms with E-state index in [-0.39, 0.29) is 35.5 Å². The maximum Gasteiger partial charge on any atom is 0.273 e. The van der Waals surface area contributed by atoms with Gasteiger partial charge >= 0.3 is 0 Å². The Morgan fingerprint density at radius 1 is 1.19 bits per heavy atom. The number of aromatic nitrogens is 2. The summed E-state index contributed by atoms with van der Waals surface area (Å²) < 4.78 is 46.3. The summed E-state index contributed by atoms with van der Waals surface area (Å²) in [7, 11) is -0.923. The van der Waals surface area contributed by atoms with Gasteiger partial charge in [0.05, 0.1) is 23.8 Å². The molecule has 0 fully saturated rings. The highest BCUT2D eigenvalue weighted by Crippen LogP contribution is 2.22. The number of aliphatic hydroxyl groups excluding tert-OH is 1. The molecule has 1 amide bonds. The first-order valence-corrected chi connectivity index (χ1v) is 11.5. The first-order valence-electron chi connectivity index (χ1n) is 10.0. The molecule has 0 saturated carbocycles. The van der Waals surface area contributed by atoms with Gasteiger partial charge in [-0.25, -0.2) is 17.8 Å². The summed E-state index contributed by atoms with van der Waals surface area (Å²) in [6.07, 6.45) is 3.75. The van der Waals surface area contributed by atoms with Gasteiger partial charge in [0.2, 0.25) is 10.0 Å². The molecule has 0 aliphatic rings. The lowest BCUT2D eigenvalue weighted by Crippen LogP contribution is -2.47. The van der Waals surface area contributed by atoms with Crippen molar-refractivity contribution in [3.63, 3.8) is 0 Å². The summed E-state index contributed by atoms with van der Waals surface area (Å²) in [6, 6.07) is 3.80. The Labute approximate surface area is 187 Å². The number of hydrogen-bond acceptors (Lipinski definition) is 7. The Morgan fingerprint density at radius 3 is 2.38 bits per heavy atom. The van der Waals surface area contributed by atoms with E-state index in [1.165, 1.54) is 47.0 Å². The highest BCUT2D eigenvalue weighted by molar-refractivity contribution is 7.89. The number of hydrogen-bond donors (Lipinski definition) is 1. The van der Waals surface area contributed by atoms with Crippen molar-refractivity contribution in [1.29, 1.82) is 0 Å². The van der Waals surface area contributed by atoms with E-state index in [1.54, 1.807) is 20.9 Å². The van der Waals surface area contributed by atoms with Crippen LogP contribution in [0.2, 0.25) is 0 Å². The molecule has 176 valence electrons. The third kappa shape index (κ3) is 6.28. The second kappa shape index (κ2) is 11.4. The van der Waals surface area contributed by atoms with Crippen molar-refractivity contribution in [3.8, 4) is 0 Å². The van der Waals surface area contributed by atoms with Gasteiger partial charge in [0, 0.05) is 45.7 Å². The third-order valence-electron chi connectivity index (χ3n) is 5.16. The standard InChI is InChI=1S/C21H29FN4O5S/c1-15(20(31-4)13-25(3)21(28)19-11-23-9-10-24-19)12-26(16(2)14-27)32(29,30)18-7-5-17(22)6-8-18/h5-11,15-16,20,27H,12-14H2,1-4H3/t15-,16+,20+/m1/s1. The normalized spacial score (nSPS) is 14.7. The topological polar surface area (TPSA) is 113 Å². The molecule has 3 atom stereocenters. The molecule has 0 saturated heterocycles. The van der Waals surface area contributed by atoms with Crippen LogP contribution in [0.25, 0.3) is 0 Å². The number of halogens is 1. The molecule has 0 aliphatic heterocycles. The summed E-state index contributed by atoms with van der Waals surface area (Å²) in [6.45, 7) is 3.19. The number of aliphatic hydroxyl groups is 1. The summed E-state index contributed by atoms with van der Waals surface area (Å²) in [4.78, 5) is 21.8. The number of methoxy groups -OCH3 is 1. The van der Waals surface area contributed by atoms with E-state index < -0.39 is 34.6 Å². The third-order valence-corrected chi connectivity index (χ3v) is 7.16. The van der Waals surface area contributed by atoms with Crippen molar-refractivity contribution < 1.29 is 27.4 Å². The number of rotatable bonds is 11. The molecule has 0 aliphatic carbocycles. The maximum atomic E-state index is 13.3. The molecule has 0 radical (unpaired) electrons. The number of sulfonamides is 1. The lowest BCUT2D eigenvalue weighted by atomic mass is 10.0. The van der Waals surface area contributed by atoms with E-state index >= 15 is 0 Å². The quantitative estimate of drug-likeness (QED) is 0.531. The molecule has 11 heteroatoms. The van der Waals surface area contributed by atoms with Gasteiger partial charge in [-0.1, -0.05) is 6.92 Å². The first-order chi connectivity index (χ1) is 15.1. The van der Waals surface area contributed by atoms with Gasteiger partial charge in [0.25, 0.3) is 5.91 Å². The second-order valence-electron chi connectivity index (χ2n) is 7.59. The van der Waals surface area contributed by atoms with Crippen LogP contribution in [0.5, 0.6) is 0 Å². The number of likely N-dealkylation sites (N-methyl/N-ethyl adjacent to an activating group) is 1. The zero-order chi connectivity index (χ0) is 23.9. The van der Waals surface area contributed by atoms with Crippen LogP contribution in [-0.4, -0.2) is 84.6 Å². The number of amides is 1. The Bertz CT molecular complexity index is 975. The van der Waals surface area contributed by atoms with Crippen molar-refractivity contribution in [2.45, 2.75) is 30.9 Å². The lowest BCUT2D eigenvalue weighted by Gasteiger charge is -2.33. The van der Waals surface area contributed by atoms with Crippen LogP contribution in [0, 0.1) is 11.7 Å². The second-order valence-corrected chi connectivity index (χ2v) is 9.48. The van der Waals surface area contributed by atoms with Gasteiger partial charge in [-0.05, 0) is 37.1 Å². The minimum absolute atomic E-state index is 0.0209. The lowest BCUT2D eigenvalue weighted by molar-refractivity contribution is 0.0219. The number of nitrogens with zero attached hydrogens (tertiary/aromatic N) is 4. The van der Waals surface area contributed by atoms with Crippen LogP contribution in [0.1, 0.15) is 24.3 Å². The van der Waals surface area contributed by atoms with Crippen LogP contribution in [-0.2, 0) is 14.8 Å². The molecule has 1 aromatic carbocycles. The minimum atomic E-state index is -4.00. The van der Waals surface area contributed by atoms with Crippen molar-refractivity contribution in [2.75, 3.05) is 33.9 Å². The van der Waals surface area contributed by atoms with Crippen LogP contribution in [0.4, 0.5) is 4.39 Å². The van der Waals surface area contributed by atoms with E-state index in [2.05, 4.69) is 9.97 Å². The molecule has 9 nitrogen and oxygen atoms in total. The van der Waals surface area contributed by atoms with E-state index in [0.717, 1.165) is 12.1 Å². The van der Waals surface area contributed by atoms with E-state index in [0.29, 0.717) is 0 Å². The van der Waals surface area contributed by atoms with Crippen LogP contribution in [0.15, 0.2) is 47.8 Å². The number of benzene rings is 1. The summed E-state index contributed by atoms with van der Waals surface area (Å²) >= 11 is 0. The number of carbonyl (C=O) groups is 1. The highest BCUT2D eigenvalue weighted by Gasteiger charge is 2.33. The molecule has 0 unspecified atom stereocenters. The van der Waals surface area contributed by atoms with Crippen molar-refractivity contribution in [3.05, 3.63) is 54.4 Å². The van der Waals surface area contributed by atoms with Gasteiger partial charge < -0.3 is 14.7 Å².